The topological polar surface area (TPSA) is 157 Å². The number of H-pyrrole nitrogens is 1. The first-order valence-corrected chi connectivity index (χ1v) is 15.5. The number of hydrogen-bond acceptors (Lipinski definition) is 7. The zero-order valence-corrected chi connectivity index (χ0v) is 26.1. The Labute approximate surface area is 268 Å². The average Bonchev–Trinajstić information content (AvgIpc) is 3.44. The van der Waals surface area contributed by atoms with E-state index in [4.69, 9.17) is 28.4 Å². The van der Waals surface area contributed by atoms with Gasteiger partial charge in [0.2, 0.25) is 0 Å². The molecule has 2 amide bonds. The van der Waals surface area contributed by atoms with E-state index in [2.05, 4.69) is 20.0 Å². The van der Waals surface area contributed by atoms with Crippen molar-refractivity contribution in [3.8, 4) is 11.4 Å². The molecule has 0 saturated heterocycles. The molecule has 5 aromatic rings. The van der Waals surface area contributed by atoms with Gasteiger partial charge in [0, 0.05) is 42.8 Å². The van der Waals surface area contributed by atoms with Crippen molar-refractivity contribution in [1.82, 2.24) is 15.4 Å². The van der Waals surface area contributed by atoms with Gasteiger partial charge in [-0.25, -0.2) is 18.9 Å². The summed E-state index contributed by atoms with van der Waals surface area (Å²) in [5.74, 6) is -0.766. The number of hydroxylamine groups is 1. The molecule has 14 heteroatoms. The van der Waals surface area contributed by atoms with Crippen molar-refractivity contribution >= 4 is 79.2 Å². The number of sulfonamides is 1. The lowest BCUT2D eigenvalue weighted by molar-refractivity contribution is -0.124. The minimum absolute atomic E-state index is 0.0568. The summed E-state index contributed by atoms with van der Waals surface area (Å²) in [7, 11) is -0.193. The number of anilines is 3. The molecule has 1 aromatic heterocycles. The molecule has 0 aliphatic carbocycles. The summed E-state index contributed by atoms with van der Waals surface area (Å²) in [6, 6.07) is 20.8. The number of carbonyl (C=O) groups is 2. The Balaban J connectivity index is 1.33. The third-order valence-electron chi connectivity index (χ3n) is 6.63. The Bertz CT molecular complexity index is 2080. The van der Waals surface area contributed by atoms with Gasteiger partial charge < -0.3 is 15.2 Å². The molecule has 0 aliphatic heterocycles. The highest BCUT2D eigenvalue weighted by atomic mass is 35.5. The van der Waals surface area contributed by atoms with Gasteiger partial charge >= 0.3 is 0 Å². The lowest BCUT2D eigenvalue weighted by Crippen LogP contribution is -2.15. The summed E-state index contributed by atoms with van der Waals surface area (Å²) in [4.78, 5) is 34.1. The highest BCUT2D eigenvalue weighted by Gasteiger charge is 2.19. The molecule has 0 bridgehead atoms. The summed E-state index contributed by atoms with van der Waals surface area (Å²) in [6.45, 7) is 0. The van der Waals surface area contributed by atoms with E-state index in [1.165, 1.54) is 41.9 Å². The molecule has 230 valence electrons. The van der Waals surface area contributed by atoms with Gasteiger partial charge in [-0.1, -0.05) is 35.3 Å². The molecule has 0 unspecified atom stereocenters. The maximum Gasteiger partial charge on any atom is 0.267 e. The number of carbonyl (C=O) groups excluding carboxylic acids is 2. The van der Waals surface area contributed by atoms with E-state index in [1.54, 1.807) is 30.3 Å². The number of rotatable bonds is 9. The second-order valence-electron chi connectivity index (χ2n) is 10.0. The molecule has 0 atom stereocenters. The number of nitrogens with zero attached hydrogens (tertiary/aromatic N) is 2. The van der Waals surface area contributed by atoms with Crippen LogP contribution in [-0.4, -0.2) is 49.5 Å². The molecular formula is C31H26Cl2N6O5S. The fourth-order valence-electron chi connectivity index (χ4n) is 4.36. The number of benzene rings is 4. The molecule has 0 aliphatic rings. The van der Waals surface area contributed by atoms with E-state index in [0.29, 0.717) is 27.7 Å². The Hall–Kier alpha value is -4.88. The van der Waals surface area contributed by atoms with Gasteiger partial charge in [0.15, 0.2) is 0 Å². The Kier molecular flexibility index (Phi) is 9.11. The van der Waals surface area contributed by atoms with Crippen LogP contribution in [0.2, 0.25) is 10.0 Å². The van der Waals surface area contributed by atoms with E-state index in [0.717, 1.165) is 22.8 Å². The normalized spacial score (nSPS) is 11.5. The smallest absolute Gasteiger partial charge is 0.267 e. The Morgan fingerprint density at radius 3 is 2.47 bits per heavy atom. The predicted molar refractivity (Wildman–Crippen MR) is 176 cm³/mol. The number of hydrogen-bond donors (Lipinski definition) is 5. The summed E-state index contributed by atoms with van der Waals surface area (Å²) in [5.41, 5.74) is 5.85. The third-order valence-corrected chi connectivity index (χ3v) is 8.65. The number of nitrogens with one attached hydrogen (secondary N) is 4. The maximum atomic E-state index is 13.2. The van der Waals surface area contributed by atoms with Gasteiger partial charge in [-0.15, -0.1) is 0 Å². The summed E-state index contributed by atoms with van der Waals surface area (Å²) in [5, 5.41) is 11.7. The van der Waals surface area contributed by atoms with Gasteiger partial charge in [0.1, 0.15) is 5.82 Å². The van der Waals surface area contributed by atoms with Crippen LogP contribution < -0.4 is 20.4 Å². The van der Waals surface area contributed by atoms with Crippen LogP contribution in [0.1, 0.15) is 15.9 Å². The minimum Gasteiger partial charge on any atom is -0.378 e. The zero-order chi connectivity index (χ0) is 32.3. The predicted octanol–water partition coefficient (Wildman–Crippen LogP) is 6.17. The Morgan fingerprint density at radius 2 is 1.73 bits per heavy atom. The van der Waals surface area contributed by atoms with Crippen LogP contribution in [0, 0.1) is 0 Å². The molecule has 1 heterocycles. The van der Waals surface area contributed by atoms with Crippen LogP contribution in [0.25, 0.3) is 28.5 Å². The fraction of sp³-hybridized carbons (Fsp3) is 0.0645. The molecular weight excluding hydrogens is 639 g/mol. The lowest BCUT2D eigenvalue weighted by Gasteiger charge is -2.12. The van der Waals surface area contributed by atoms with Crippen molar-refractivity contribution in [2.75, 3.05) is 29.0 Å². The second-order valence-corrected chi connectivity index (χ2v) is 12.5. The average molecular weight is 666 g/mol. The molecule has 0 radical (unpaired) electrons. The van der Waals surface area contributed by atoms with E-state index in [-0.39, 0.29) is 21.2 Å². The van der Waals surface area contributed by atoms with Gasteiger partial charge in [-0.3, -0.25) is 19.5 Å². The van der Waals surface area contributed by atoms with E-state index in [1.807, 2.05) is 37.2 Å². The molecule has 45 heavy (non-hydrogen) atoms. The largest absolute Gasteiger partial charge is 0.378 e. The van der Waals surface area contributed by atoms with Crippen LogP contribution in [0.3, 0.4) is 0 Å². The minimum atomic E-state index is -4.09. The van der Waals surface area contributed by atoms with E-state index in [9.17, 15) is 18.0 Å². The van der Waals surface area contributed by atoms with E-state index >= 15 is 0 Å². The number of imidazole rings is 1. The molecule has 4 aromatic carbocycles. The quantitative estimate of drug-likeness (QED) is 0.0716. The maximum absolute atomic E-state index is 13.2. The van der Waals surface area contributed by atoms with Crippen LogP contribution >= 0.6 is 23.2 Å². The first kappa shape index (κ1) is 31.5. The third kappa shape index (κ3) is 7.27. The first-order valence-electron chi connectivity index (χ1n) is 13.3. The molecule has 11 nitrogen and oxygen atoms in total. The summed E-state index contributed by atoms with van der Waals surface area (Å²) < 4.78 is 28.6. The van der Waals surface area contributed by atoms with Crippen LogP contribution in [0.15, 0.2) is 89.8 Å². The van der Waals surface area contributed by atoms with Gasteiger partial charge in [-0.2, -0.15) is 0 Å². The zero-order valence-electron chi connectivity index (χ0n) is 23.8. The number of aromatic nitrogens is 2. The van der Waals surface area contributed by atoms with Crippen LogP contribution in [0.5, 0.6) is 0 Å². The number of halogens is 2. The summed E-state index contributed by atoms with van der Waals surface area (Å²) in [6.07, 6.45) is 2.48. The monoisotopic (exact) mass is 664 g/mol. The fourth-order valence-corrected chi connectivity index (χ4v) is 5.98. The number of amides is 2. The molecule has 0 fully saturated rings. The summed E-state index contributed by atoms with van der Waals surface area (Å²) >= 11 is 12.9. The first-order chi connectivity index (χ1) is 21.4. The van der Waals surface area contributed by atoms with Crippen molar-refractivity contribution in [2.45, 2.75) is 4.90 Å². The van der Waals surface area contributed by atoms with Crippen molar-refractivity contribution < 1.29 is 23.2 Å². The standard InChI is InChI=1S/C31H26Cl2N6O5S/c1-39(2)21-8-12-27-28(16-21)36-30(35-27)24-15-19(7-11-25(24)32)34-31(41)23-10-9-22(17-26(23)33)45(43,44)38-20-5-3-4-18(14-20)6-13-29(40)37-42/h3-17,38,42H,1-2H3,(H,34,41)(H,35,36)(H,37,40)/b13-6+. The van der Waals surface area contributed by atoms with Crippen molar-refractivity contribution in [3.05, 3.63) is 106 Å². The highest BCUT2D eigenvalue weighted by molar-refractivity contribution is 7.92. The van der Waals surface area contributed by atoms with Gasteiger partial charge in [-0.05, 0) is 78.4 Å². The lowest BCUT2D eigenvalue weighted by atomic mass is 10.1. The van der Waals surface area contributed by atoms with E-state index < -0.39 is 21.8 Å². The molecule has 0 saturated carbocycles. The van der Waals surface area contributed by atoms with Crippen molar-refractivity contribution in [3.63, 3.8) is 0 Å². The molecule has 5 rings (SSSR count). The highest BCUT2D eigenvalue weighted by Crippen LogP contribution is 2.32. The van der Waals surface area contributed by atoms with Crippen molar-refractivity contribution in [2.24, 2.45) is 0 Å². The van der Waals surface area contributed by atoms with Gasteiger partial charge in [0.05, 0.1) is 31.5 Å². The van der Waals surface area contributed by atoms with Crippen LogP contribution in [-0.2, 0) is 14.8 Å². The number of fused-ring (bicyclic) bond motifs is 1. The Morgan fingerprint density at radius 1 is 0.933 bits per heavy atom. The van der Waals surface area contributed by atoms with Crippen molar-refractivity contribution in [1.29, 1.82) is 0 Å². The van der Waals surface area contributed by atoms with Crippen LogP contribution in [0.4, 0.5) is 17.1 Å². The van der Waals surface area contributed by atoms with Gasteiger partial charge in [0.25, 0.3) is 21.8 Å². The number of aromatic amines is 1. The molecule has 5 N–H and O–H groups in total. The SMILES string of the molecule is CN(C)c1ccc2nc(-c3cc(NC(=O)c4ccc(S(=O)(=O)Nc5cccc(/C=C/C(=O)NO)c5)cc4Cl)ccc3Cl)[nH]c2c1. The second kappa shape index (κ2) is 13.0. The molecule has 0 spiro atoms.